The molecular weight excluding hydrogens is 502 g/mol. The van der Waals surface area contributed by atoms with Crippen LogP contribution in [-0.2, 0) is 23.8 Å². The van der Waals surface area contributed by atoms with Gasteiger partial charge >= 0.3 is 12.2 Å². The number of hydrogen-bond acceptors (Lipinski definition) is 7. The SMILES string of the molecule is CCCC[C@H](NC(=O)O[C@@H]1CN(C(=O)OCC2CCCCO2)CC1(C)C)C(=O)C(=O)N[C@H](C)c1ccccc1. The molecule has 2 N–H and O–H groups in total. The van der Waals surface area contributed by atoms with E-state index in [1.54, 1.807) is 6.92 Å². The number of carbonyl (C=O) groups is 4. The predicted octanol–water partition coefficient (Wildman–Crippen LogP) is 4.13. The number of Topliss-reactive ketones (excluding diaryl/α,β-unsaturated/α-hetero) is 1. The maximum Gasteiger partial charge on any atom is 0.409 e. The number of ketones is 1. The zero-order chi connectivity index (χ0) is 28.4. The second-order valence-corrected chi connectivity index (χ2v) is 11.1. The minimum absolute atomic E-state index is 0.0818. The zero-order valence-electron chi connectivity index (χ0n) is 23.6. The summed E-state index contributed by atoms with van der Waals surface area (Å²) in [5.74, 6) is -1.48. The number of nitrogens with zero attached hydrogens (tertiary/aromatic N) is 1. The highest BCUT2D eigenvalue weighted by Crippen LogP contribution is 2.32. The first kappa shape index (κ1) is 30.4. The van der Waals surface area contributed by atoms with E-state index in [4.69, 9.17) is 14.2 Å². The van der Waals surface area contributed by atoms with Gasteiger partial charge in [0.05, 0.1) is 18.7 Å². The van der Waals surface area contributed by atoms with Crippen LogP contribution in [0.3, 0.4) is 0 Å². The number of likely N-dealkylation sites (tertiary alicyclic amines) is 1. The first-order valence-corrected chi connectivity index (χ1v) is 14.0. The lowest BCUT2D eigenvalue weighted by atomic mass is 9.90. The molecule has 3 amide bonds. The molecule has 0 saturated carbocycles. The summed E-state index contributed by atoms with van der Waals surface area (Å²) in [6.07, 6.45) is 2.75. The Balaban J connectivity index is 1.54. The third-order valence-electron chi connectivity index (χ3n) is 7.36. The maximum atomic E-state index is 13.0. The Morgan fingerprint density at radius 2 is 1.87 bits per heavy atom. The zero-order valence-corrected chi connectivity index (χ0v) is 23.6. The van der Waals surface area contributed by atoms with Crippen molar-refractivity contribution in [3.05, 3.63) is 35.9 Å². The van der Waals surface area contributed by atoms with E-state index >= 15 is 0 Å². The van der Waals surface area contributed by atoms with E-state index in [1.165, 1.54) is 4.90 Å². The lowest BCUT2D eigenvalue weighted by Crippen LogP contribution is -2.49. The van der Waals surface area contributed by atoms with Gasteiger partial charge < -0.3 is 29.7 Å². The van der Waals surface area contributed by atoms with E-state index in [1.807, 2.05) is 51.1 Å². The normalized spacial score (nSPS) is 21.9. The number of carbonyl (C=O) groups excluding carboxylic acids is 4. The maximum absolute atomic E-state index is 13.0. The summed E-state index contributed by atoms with van der Waals surface area (Å²) in [5, 5.41) is 5.32. The van der Waals surface area contributed by atoms with Crippen LogP contribution >= 0.6 is 0 Å². The number of alkyl carbamates (subject to hydrolysis) is 1. The molecule has 39 heavy (non-hydrogen) atoms. The number of hydrogen-bond donors (Lipinski definition) is 2. The van der Waals surface area contributed by atoms with E-state index in [9.17, 15) is 19.2 Å². The van der Waals surface area contributed by atoms with Gasteiger partial charge in [-0.2, -0.15) is 0 Å². The Labute approximate surface area is 231 Å². The molecule has 2 fully saturated rings. The molecule has 0 spiro atoms. The average molecular weight is 546 g/mol. The lowest BCUT2D eigenvalue weighted by molar-refractivity contribution is -0.139. The minimum atomic E-state index is -1.01. The molecule has 216 valence electrons. The van der Waals surface area contributed by atoms with Gasteiger partial charge in [-0.3, -0.25) is 9.59 Å². The summed E-state index contributed by atoms with van der Waals surface area (Å²) in [7, 11) is 0. The van der Waals surface area contributed by atoms with E-state index in [0.29, 0.717) is 26.0 Å². The topological polar surface area (TPSA) is 123 Å². The van der Waals surface area contributed by atoms with Crippen molar-refractivity contribution in [2.24, 2.45) is 5.41 Å². The predicted molar refractivity (Wildman–Crippen MR) is 145 cm³/mol. The van der Waals surface area contributed by atoms with Crippen LogP contribution in [0.5, 0.6) is 0 Å². The van der Waals surface area contributed by atoms with Crippen LogP contribution in [0.2, 0.25) is 0 Å². The van der Waals surface area contributed by atoms with Gasteiger partial charge in [0.15, 0.2) is 0 Å². The van der Waals surface area contributed by atoms with Crippen molar-refractivity contribution in [2.45, 2.75) is 90.5 Å². The van der Waals surface area contributed by atoms with Gasteiger partial charge in [-0.25, -0.2) is 9.59 Å². The molecule has 1 aromatic rings. The first-order valence-electron chi connectivity index (χ1n) is 14.0. The van der Waals surface area contributed by atoms with Gasteiger partial charge in [0.2, 0.25) is 5.78 Å². The van der Waals surface area contributed by atoms with Crippen LogP contribution < -0.4 is 10.6 Å². The van der Waals surface area contributed by atoms with Gasteiger partial charge in [0.1, 0.15) is 18.8 Å². The molecule has 3 rings (SSSR count). The highest BCUT2D eigenvalue weighted by Gasteiger charge is 2.45. The fourth-order valence-electron chi connectivity index (χ4n) is 4.87. The van der Waals surface area contributed by atoms with Crippen molar-refractivity contribution in [1.29, 1.82) is 0 Å². The molecule has 0 bridgehead atoms. The summed E-state index contributed by atoms with van der Waals surface area (Å²) in [6.45, 7) is 8.98. The molecule has 1 aromatic carbocycles. The molecule has 4 atom stereocenters. The first-order chi connectivity index (χ1) is 18.6. The summed E-state index contributed by atoms with van der Waals surface area (Å²) in [4.78, 5) is 52.8. The van der Waals surface area contributed by atoms with Crippen LogP contribution in [0.15, 0.2) is 30.3 Å². The fourth-order valence-corrected chi connectivity index (χ4v) is 4.87. The number of benzene rings is 1. The molecule has 1 unspecified atom stereocenters. The third-order valence-corrected chi connectivity index (χ3v) is 7.36. The lowest BCUT2D eigenvalue weighted by Gasteiger charge is -2.26. The summed E-state index contributed by atoms with van der Waals surface area (Å²) in [5.41, 5.74) is 0.345. The standard InChI is InChI=1S/C29H43N3O7/c1-5-6-15-23(25(33)26(34)30-20(2)21-12-8-7-9-13-21)31-27(35)39-24-17-32(19-29(24,3)4)28(36)38-18-22-14-10-11-16-37-22/h7-9,12-13,20,22-24H,5-6,10-11,14-19H2,1-4H3,(H,30,34)(H,31,35)/t20-,22?,23+,24-/m1/s1. The third kappa shape index (κ3) is 8.95. The van der Waals surface area contributed by atoms with E-state index in [-0.39, 0.29) is 25.3 Å². The molecule has 0 radical (unpaired) electrons. The van der Waals surface area contributed by atoms with Gasteiger partial charge in [-0.15, -0.1) is 0 Å². The molecule has 0 aromatic heterocycles. The smallest absolute Gasteiger partial charge is 0.409 e. The Bertz CT molecular complexity index is 978. The molecule has 2 aliphatic heterocycles. The number of amides is 3. The second-order valence-electron chi connectivity index (χ2n) is 11.1. The van der Waals surface area contributed by atoms with E-state index in [2.05, 4.69) is 10.6 Å². The van der Waals surface area contributed by atoms with Crippen molar-refractivity contribution in [2.75, 3.05) is 26.3 Å². The number of nitrogens with one attached hydrogen (secondary N) is 2. The van der Waals surface area contributed by atoms with Gasteiger partial charge in [0, 0.05) is 18.6 Å². The van der Waals surface area contributed by atoms with Crippen LogP contribution in [0, 0.1) is 5.41 Å². The Hall–Kier alpha value is -3.14. The van der Waals surface area contributed by atoms with Crippen molar-refractivity contribution < 1.29 is 33.4 Å². The summed E-state index contributed by atoms with van der Waals surface area (Å²) < 4.78 is 16.8. The second kappa shape index (κ2) is 14.3. The van der Waals surface area contributed by atoms with Crippen LogP contribution in [-0.4, -0.2) is 73.3 Å². The van der Waals surface area contributed by atoms with Crippen molar-refractivity contribution in [1.82, 2.24) is 15.5 Å². The number of rotatable bonds is 11. The van der Waals surface area contributed by atoms with Crippen molar-refractivity contribution in [3.8, 4) is 0 Å². The highest BCUT2D eigenvalue weighted by atomic mass is 16.6. The van der Waals surface area contributed by atoms with Crippen molar-refractivity contribution in [3.63, 3.8) is 0 Å². The molecule has 10 nitrogen and oxygen atoms in total. The van der Waals surface area contributed by atoms with Crippen LogP contribution in [0.4, 0.5) is 9.59 Å². The van der Waals surface area contributed by atoms with Gasteiger partial charge in [-0.05, 0) is 38.2 Å². The molecule has 2 saturated heterocycles. The molecular formula is C29H43N3O7. The van der Waals surface area contributed by atoms with Gasteiger partial charge in [0.25, 0.3) is 5.91 Å². The van der Waals surface area contributed by atoms with E-state index in [0.717, 1.165) is 31.2 Å². The summed E-state index contributed by atoms with van der Waals surface area (Å²) in [6, 6.07) is 7.95. The Morgan fingerprint density at radius 3 is 2.54 bits per heavy atom. The van der Waals surface area contributed by atoms with Crippen LogP contribution in [0.1, 0.15) is 77.8 Å². The molecule has 2 heterocycles. The molecule has 0 aliphatic carbocycles. The largest absolute Gasteiger partial charge is 0.447 e. The van der Waals surface area contributed by atoms with Gasteiger partial charge in [-0.1, -0.05) is 63.9 Å². The molecule has 10 heteroatoms. The van der Waals surface area contributed by atoms with E-state index < -0.39 is 41.4 Å². The average Bonchev–Trinajstić information content (AvgIpc) is 3.23. The van der Waals surface area contributed by atoms with Crippen molar-refractivity contribution >= 4 is 23.9 Å². The highest BCUT2D eigenvalue weighted by molar-refractivity contribution is 6.38. The Kier molecular flexibility index (Phi) is 11.2. The number of unbranched alkanes of at least 4 members (excludes halogenated alkanes) is 1. The summed E-state index contributed by atoms with van der Waals surface area (Å²) >= 11 is 0. The quantitative estimate of drug-likeness (QED) is 0.401. The molecule has 2 aliphatic rings. The Morgan fingerprint density at radius 1 is 1.13 bits per heavy atom. The fraction of sp³-hybridized carbons (Fsp3) is 0.655. The minimum Gasteiger partial charge on any atom is -0.447 e. The monoisotopic (exact) mass is 545 g/mol. The van der Waals surface area contributed by atoms with Crippen LogP contribution in [0.25, 0.3) is 0 Å². The number of ether oxygens (including phenoxy) is 3.